The standard InChI is InChI=1S/C12H13ClN2O6/c1-12(19,10(16)17)4-14-11(18)15-7-3-9-8(2-6(7)13)20-5-21-9/h2-3,19H,4-5H2,1H3,(H,16,17)(H2,14,15,18). The van der Waals surface area contributed by atoms with Gasteiger partial charge in [-0.2, -0.15) is 0 Å². The van der Waals surface area contributed by atoms with Crippen molar-refractivity contribution in [3.8, 4) is 11.5 Å². The second-order valence-electron chi connectivity index (χ2n) is 4.57. The molecule has 1 aliphatic heterocycles. The van der Waals surface area contributed by atoms with E-state index in [0.29, 0.717) is 11.5 Å². The molecule has 0 aromatic heterocycles. The van der Waals surface area contributed by atoms with Gasteiger partial charge in [0.25, 0.3) is 0 Å². The SMILES string of the molecule is CC(O)(CNC(=O)Nc1cc2c(cc1Cl)OCO2)C(=O)O. The van der Waals surface area contributed by atoms with E-state index >= 15 is 0 Å². The first-order valence-corrected chi connectivity index (χ1v) is 6.27. The molecule has 2 amide bonds. The fourth-order valence-electron chi connectivity index (χ4n) is 1.51. The first-order chi connectivity index (χ1) is 9.79. The maximum Gasteiger partial charge on any atom is 0.337 e. The Morgan fingerprint density at radius 2 is 2.00 bits per heavy atom. The first kappa shape index (κ1) is 15.2. The second kappa shape index (κ2) is 5.66. The minimum Gasteiger partial charge on any atom is -0.479 e. The average molecular weight is 317 g/mol. The van der Waals surface area contributed by atoms with E-state index in [2.05, 4.69) is 10.6 Å². The van der Waals surface area contributed by atoms with E-state index in [1.54, 1.807) is 0 Å². The fourth-order valence-corrected chi connectivity index (χ4v) is 1.71. The van der Waals surface area contributed by atoms with Crippen molar-refractivity contribution in [3.05, 3.63) is 17.2 Å². The Kier molecular flexibility index (Phi) is 4.10. The first-order valence-electron chi connectivity index (χ1n) is 5.89. The summed E-state index contributed by atoms with van der Waals surface area (Å²) in [6.45, 7) is 0.683. The lowest BCUT2D eigenvalue weighted by Crippen LogP contribution is -2.47. The van der Waals surface area contributed by atoms with Crippen LogP contribution in [0.5, 0.6) is 11.5 Å². The van der Waals surface area contributed by atoms with Crippen molar-refractivity contribution in [1.82, 2.24) is 5.32 Å². The fraction of sp³-hybridized carbons (Fsp3) is 0.333. The number of benzene rings is 1. The third kappa shape index (κ3) is 3.47. The molecule has 0 radical (unpaired) electrons. The van der Waals surface area contributed by atoms with Crippen LogP contribution in [-0.4, -0.2) is 41.2 Å². The summed E-state index contributed by atoms with van der Waals surface area (Å²) in [7, 11) is 0. The van der Waals surface area contributed by atoms with E-state index in [-0.39, 0.29) is 17.5 Å². The van der Waals surface area contributed by atoms with Gasteiger partial charge in [0.1, 0.15) is 0 Å². The maximum absolute atomic E-state index is 11.7. The van der Waals surface area contributed by atoms with Gasteiger partial charge in [0, 0.05) is 12.1 Å². The molecule has 1 aromatic rings. The van der Waals surface area contributed by atoms with E-state index in [4.69, 9.17) is 26.2 Å². The smallest absolute Gasteiger partial charge is 0.337 e. The Labute approximate surface area is 124 Å². The van der Waals surface area contributed by atoms with Crippen molar-refractivity contribution in [2.24, 2.45) is 0 Å². The second-order valence-corrected chi connectivity index (χ2v) is 4.98. The Morgan fingerprint density at radius 3 is 2.62 bits per heavy atom. The molecule has 0 saturated heterocycles. The van der Waals surface area contributed by atoms with Crippen molar-refractivity contribution in [3.63, 3.8) is 0 Å². The van der Waals surface area contributed by atoms with Gasteiger partial charge < -0.3 is 30.3 Å². The Morgan fingerprint density at radius 1 is 1.38 bits per heavy atom. The van der Waals surface area contributed by atoms with Crippen LogP contribution in [0.2, 0.25) is 5.02 Å². The minimum absolute atomic E-state index is 0.0722. The van der Waals surface area contributed by atoms with Crippen LogP contribution in [-0.2, 0) is 4.79 Å². The molecule has 114 valence electrons. The van der Waals surface area contributed by atoms with E-state index in [1.165, 1.54) is 12.1 Å². The predicted molar refractivity (Wildman–Crippen MR) is 72.9 cm³/mol. The molecule has 21 heavy (non-hydrogen) atoms. The number of hydrogen-bond donors (Lipinski definition) is 4. The van der Waals surface area contributed by atoms with Gasteiger partial charge in [-0.1, -0.05) is 11.6 Å². The Balaban J connectivity index is 1.99. The van der Waals surface area contributed by atoms with Gasteiger partial charge in [0.15, 0.2) is 17.1 Å². The van der Waals surface area contributed by atoms with Gasteiger partial charge in [0.05, 0.1) is 17.3 Å². The molecule has 1 aromatic carbocycles. The molecule has 2 rings (SSSR count). The molecule has 0 aliphatic carbocycles. The molecule has 1 unspecified atom stereocenters. The van der Waals surface area contributed by atoms with Crippen molar-refractivity contribution in [2.45, 2.75) is 12.5 Å². The van der Waals surface area contributed by atoms with Crippen LogP contribution in [0.4, 0.5) is 10.5 Å². The lowest BCUT2D eigenvalue weighted by Gasteiger charge is -2.18. The number of rotatable bonds is 4. The highest BCUT2D eigenvalue weighted by atomic mass is 35.5. The van der Waals surface area contributed by atoms with Crippen LogP contribution in [0.3, 0.4) is 0 Å². The van der Waals surface area contributed by atoms with Crippen molar-refractivity contribution >= 4 is 29.3 Å². The highest BCUT2D eigenvalue weighted by Crippen LogP contribution is 2.39. The van der Waals surface area contributed by atoms with Gasteiger partial charge in [-0.25, -0.2) is 9.59 Å². The van der Waals surface area contributed by atoms with E-state index in [1.807, 2.05) is 0 Å². The van der Waals surface area contributed by atoms with Crippen LogP contribution >= 0.6 is 11.6 Å². The number of aliphatic carboxylic acids is 1. The van der Waals surface area contributed by atoms with Crippen LogP contribution < -0.4 is 20.1 Å². The zero-order valence-electron chi connectivity index (χ0n) is 11.0. The number of hydrogen-bond acceptors (Lipinski definition) is 5. The molecule has 4 N–H and O–H groups in total. The number of nitrogens with one attached hydrogen (secondary N) is 2. The number of carboxylic acid groups (broad SMARTS) is 1. The molecule has 1 atom stereocenters. The van der Waals surface area contributed by atoms with Gasteiger partial charge in [-0.3, -0.25) is 0 Å². The molecule has 0 fully saturated rings. The zero-order chi connectivity index (χ0) is 15.6. The summed E-state index contributed by atoms with van der Waals surface area (Å²) in [5.74, 6) is -0.532. The van der Waals surface area contributed by atoms with Crippen LogP contribution in [0.15, 0.2) is 12.1 Å². The van der Waals surface area contributed by atoms with E-state index in [9.17, 15) is 14.7 Å². The number of aliphatic hydroxyl groups is 1. The largest absolute Gasteiger partial charge is 0.479 e. The van der Waals surface area contributed by atoms with Crippen molar-refractivity contribution in [1.29, 1.82) is 0 Å². The third-order valence-electron chi connectivity index (χ3n) is 2.76. The lowest BCUT2D eigenvalue weighted by molar-refractivity contribution is -0.155. The van der Waals surface area contributed by atoms with Crippen LogP contribution in [0.1, 0.15) is 6.92 Å². The number of anilines is 1. The Hall–Kier alpha value is -2.19. The monoisotopic (exact) mass is 316 g/mol. The normalized spacial score (nSPS) is 15.2. The zero-order valence-corrected chi connectivity index (χ0v) is 11.7. The molecular weight excluding hydrogens is 304 g/mol. The number of fused-ring (bicyclic) bond motifs is 1. The van der Waals surface area contributed by atoms with Crippen LogP contribution in [0.25, 0.3) is 0 Å². The van der Waals surface area contributed by atoms with Gasteiger partial charge >= 0.3 is 12.0 Å². The molecule has 9 heteroatoms. The van der Waals surface area contributed by atoms with E-state index < -0.39 is 24.1 Å². The number of amides is 2. The minimum atomic E-state index is -2.06. The van der Waals surface area contributed by atoms with Gasteiger partial charge in [-0.05, 0) is 6.92 Å². The summed E-state index contributed by atoms with van der Waals surface area (Å²) in [4.78, 5) is 22.4. The summed E-state index contributed by atoms with van der Waals surface area (Å²) in [6.07, 6.45) is 0. The van der Waals surface area contributed by atoms with Crippen molar-refractivity contribution in [2.75, 3.05) is 18.7 Å². The highest BCUT2D eigenvalue weighted by Gasteiger charge is 2.30. The lowest BCUT2D eigenvalue weighted by atomic mass is 10.1. The van der Waals surface area contributed by atoms with Crippen molar-refractivity contribution < 1.29 is 29.3 Å². The number of carbonyl (C=O) groups excluding carboxylic acids is 1. The van der Waals surface area contributed by atoms with Gasteiger partial charge in [-0.15, -0.1) is 0 Å². The number of carbonyl (C=O) groups is 2. The summed E-state index contributed by atoms with van der Waals surface area (Å²) in [5.41, 5.74) is -1.79. The molecule has 0 bridgehead atoms. The highest BCUT2D eigenvalue weighted by molar-refractivity contribution is 6.34. The number of halogens is 1. The van der Waals surface area contributed by atoms with E-state index in [0.717, 1.165) is 6.92 Å². The summed E-state index contributed by atoms with van der Waals surface area (Å²) in [5, 5.41) is 23.1. The summed E-state index contributed by atoms with van der Waals surface area (Å²) >= 11 is 5.97. The number of carboxylic acids is 1. The number of ether oxygens (including phenoxy) is 2. The molecule has 0 saturated carbocycles. The number of urea groups is 1. The molecular formula is C12H13ClN2O6. The average Bonchev–Trinajstić information content (AvgIpc) is 2.84. The summed E-state index contributed by atoms with van der Waals surface area (Å²) < 4.78 is 10.3. The molecule has 8 nitrogen and oxygen atoms in total. The maximum atomic E-state index is 11.7. The summed E-state index contributed by atoms with van der Waals surface area (Å²) in [6, 6.07) is 2.27. The molecule has 1 aliphatic rings. The predicted octanol–water partition coefficient (Wildman–Crippen LogP) is 1.03. The molecule has 0 spiro atoms. The quantitative estimate of drug-likeness (QED) is 0.659. The molecule has 1 heterocycles. The Bertz CT molecular complexity index is 589. The third-order valence-corrected chi connectivity index (χ3v) is 3.08. The van der Waals surface area contributed by atoms with Gasteiger partial charge in [0.2, 0.25) is 6.79 Å². The topological polar surface area (TPSA) is 117 Å². The van der Waals surface area contributed by atoms with Crippen LogP contribution in [0, 0.1) is 0 Å².